The molecular formula is C19H34N2O2. The van der Waals surface area contributed by atoms with Gasteiger partial charge in [-0.1, -0.05) is 46.0 Å². The number of hydrogen-bond donors (Lipinski definition) is 1. The summed E-state index contributed by atoms with van der Waals surface area (Å²) in [6, 6.07) is 0. The van der Waals surface area contributed by atoms with Crippen LogP contribution in [0.15, 0.2) is 0 Å². The third-order valence-electron chi connectivity index (χ3n) is 5.45. The van der Waals surface area contributed by atoms with Crippen molar-refractivity contribution < 1.29 is 9.59 Å². The predicted octanol–water partition coefficient (Wildman–Crippen LogP) is 3.36. The first-order valence-electron chi connectivity index (χ1n) is 9.61. The third kappa shape index (κ3) is 6.15. The largest absolute Gasteiger partial charge is 0.356 e. The van der Waals surface area contributed by atoms with E-state index in [1.807, 2.05) is 18.7 Å². The SMILES string of the molecule is CC(C)C(=O)NC[C@@H]1CCCN(C(=O)CCC2CCCCC2)C1. The molecule has 0 unspecified atom stereocenters. The first-order chi connectivity index (χ1) is 11.1. The van der Waals surface area contributed by atoms with E-state index in [-0.39, 0.29) is 11.8 Å². The highest BCUT2D eigenvalue weighted by Crippen LogP contribution is 2.28. The van der Waals surface area contributed by atoms with Gasteiger partial charge in [0.05, 0.1) is 0 Å². The lowest BCUT2D eigenvalue weighted by Gasteiger charge is -2.33. The minimum atomic E-state index is 0.0341. The second kappa shape index (κ2) is 9.29. The van der Waals surface area contributed by atoms with E-state index < -0.39 is 0 Å². The Hall–Kier alpha value is -1.06. The molecule has 1 saturated heterocycles. The molecule has 0 aromatic rings. The van der Waals surface area contributed by atoms with Gasteiger partial charge >= 0.3 is 0 Å². The topological polar surface area (TPSA) is 49.4 Å². The lowest BCUT2D eigenvalue weighted by Crippen LogP contribution is -2.44. The molecule has 23 heavy (non-hydrogen) atoms. The summed E-state index contributed by atoms with van der Waals surface area (Å²) in [6.45, 7) is 6.26. The number of hydrogen-bond acceptors (Lipinski definition) is 2. The van der Waals surface area contributed by atoms with Crippen molar-refractivity contribution in [2.75, 3.05) is 19.6 Å². The minimum Gasteiger partial charge on any atom is -0.356 e. The molecule has 1 N–H and O–H groups in total. The molecule has 1 aliphatic heterocycles. The van der Waals surface area contributed by atoms with Crippen molar-refractivity contribution in [2.24, 2.45) is 17.8 Å². The minimum absolute atomic E-state index is 0.0341. The molecule has 1 heterocycles. The molecule has 0 bridgehead atoms. The van der Waals surface area contributed by atoms with E-state index in [1.54, 1.807) is 0 Å². The Kier molecular flexibility index (Phi) is 7.38. The zero-order chi connectivity index (χ0) is 16.7. The maximum absolute atomic E-state index is 12.5. The zero-order valence-corrected chi connectivity index (χ0v) is 15.0. The van der Waals surface area contributed by atoms with Crippen LogP contribution in [0.5, 0.6) is 0 Å². The summed E-state index contributed by atoms with van der Waals surface area (Å²) in [5.74, 6) is 1.68. The fourth-order valence-electron chi connectivity index (χ4n) is 3.87. The molecule has 132 valence electrons. The fraction of sp³-hybridized carbons (Fsp3) is 0.895. The maximum Gasteiger partial charge on any atom is 0.222 e. The quantitative estimate of drug-likeness (QED) is 0.815. The van der Waals surface area contributed by atoms with E-state index in [9.17, 15) is 9.59 Å². The Morgan fingerprint density at radius 2 is 1.74 bits per heavy atom. The maximum atomic E-state index is 12.5. The summed E-state index contributed by atoms with van der Waals surface area (Å²) in [5.41, 5.74) is 0. The third-order valence-corrected chi connectivity index (χ3v) is 5.45. The highest BCUT2D eigenvalue weighted by Gasteiger charge is 2.25. The van der Waals surface area contributed by atoms with Gasteiger partial charge in [-0.05, 0) is 31.1 Å². The lowest BCUT2D eigenvalue weighted by molar-refractivity contribution is -0.133. The second-order valence-electron chi connectivity index (χ2n) is 7.79. The summed E-state index contributed by atoms with van der Waals surface area (Å²) >= 11 is 0. The van der Waals surface area contributed by atoms with Crippen LogP contribution in [0.4, 0.5) is 0 Å². The van der Waals surface area contributed by atoms with Crippen LogP contribution < -0.4 is 5.32 Å². The molecule has 0 aromatic carbocycles. The van der Waals surface area contributed by atoms with Crippen LogP contribution in [0.3, 0.4) is 0 Å². The van der Waals surface area contributed by atoms with Crippen LogP contribution in [-0.2, 0) is 9.59 Å². The smallest absolute Gasteiger partial charge is 0.222 e. The standard InChI is InChI=1S/C19H34N2O2/c1-15(2)19(23)20-13-17-9-6-12-21(14-17)18(22)11-10-16-7-4-3-5-8-16/h15-17H,3-14H2,1-2H3,(H,20,23)/t17-/m0/s1. The van der Waals surface area contributed by atoms with Crippen LogP contribution in [0.1, 0.15) is 71.6 Å². The van der Waals surface area contributed by atoms with E-state index in [1.165, 1.54) is 32.1 Å². The average molecular weight is 322 g/mol. The van der Waals surface area contributed by atoms with E-state index in [0.717, 1.165) is 44.7 Å². The van der Waals surface area contributed by atoms with Gasteiger partial charge in [-0.2, -0.15) is 0 Å². The number of carbonyl (C=O) groups is 2. The molecule has 4 heteroatoms. The van der Waals surface area contributed by atoms with E-state index in [0.29, 0.717) is 18.4 Å². The highest BCUT2D eigenvalue weighted by molar-refractivity contribution is 5.78. The van der Waals surface area contributed by atoms with Gasteiger partial charge in [-0.3, -0.25) is 9.59 Å². The predicted molar refractivity (Wildman–Crippen MR) is 93.0 cm³/mol. The summed E-state index contributed by atoms with van der Waals surface area (Å²) in [5, 5.41) is 3.02. The Balaban J connectivity index is 1.69. The van der Waals surface area contributed by atoms with Gasteiger partial charge in [0.15, 0.2) is 0 Å². The molecular weight excluding hydrogens is 288 g/mol. The van der Waals surface area contributed by atoms with Gasteiger partial charge in [0.2, 0.25) is 11.8 Å². The normalized spacial score (nSPS) is 23.1. The van der Waals surface area contributed by atoms with Gasteiger partial charge in [0.1, 0.15) is 0 Å². The first-order valence-corrected chi connectivity index (χ1v) is 9.61. The van der Waals surface area contributed by atoms with E-state index in [4.69, 9.17) is 0 Å². The lowest BCUT2D eigenvalue weighted by atomic mass is 9.86. The number of likely N-dealkylation sites (tertiary alicyclic amines) is 1. The molecule has 1 atom stereocenters. The fourth-order valence-corrected chi connectivity index (χ4v) is 3.87. The Labute approximate surface area is 141 Å². The summed E-state index contributed by atoms with van der Waals surface area (Å²) in [6.07, 6.45) is 10.7. The van der Waals surface area contributed by atoms with Crippen LogP contribution in [0.2, 0.25) is 0 Å². The monoisotopic (exact) mass is 322 g/mol. The summed E-state index contributed by atoms with van der Waals surface area (Å²) < 4.78 is 0. The van der Waals surface area contributed by atoms with Crippen molar-refractivity contribution in [3.8, 4) is 0 Å². The number of nitrogens with one attached hydrogen (secondary N) is 1. The van der Waals surface area contributed by atoms with E-state index >= 15 is 0 Å². The van der Waals surface area contributed by atoms with Crippen LogP contribution >= 0.6 is 0 Å². The first kappa shape index (κ1) is 18.3. The second-order valence-corrected chi connectivity index (χ2v) is 7.79. The van der Waals surface area contributed by atoms with Crippen molar-refractivity contribution in [1.29, 1.82) is 0 Å². The Bertz CT molecular complexity index is 389. The van der Waals surface area contributed by atoms with Crippen LogP contribution in [-0.4, -0.2) is 36.3 Å². The van der Waals surface area contributed by atoms with Gasteiger partial charge < -0.3 is 10.2 Å². The van der Waals surface area contributed by atoms with Crippen molar-refractivity contribution in [1.82, 2.24) is 10.2 Å². The molecule has 2 amide bonds. The van der Waals surface area contributed by atoms with Gasteiger partial charge in [0, 0.05) is 32.0 Å². The van der Waals surface area contributed by atoms with Gasteiger partial charge in [0.25, 0.3) is 0 Å². The van der Waals surface area contributed by atoms with Crippen molar-refractivity contribution in [3.63, 3.8) is 0 Å². The molecule has 0 radical (unpaired) electrons. The molecule has 0 aromatic heterocycles. The van der Waals surface area contributed by atoms with E-state index in [2.05, 4.69) is 5.32 Å². The van der Waals surface area contributed by atoms with Gasteiger partial charge in [-0.15, -0.1) is 0 Å². The molecule has 0 spiro atoms. The average Bonchev–Trinajstić information content (AvgIpc) is 2.58. The molecule has 2 fully saturated rings. The number of amides is 2. The summed E-state index contributed by atoms with van der Waals surface area (Å²) in [7, 11) is 0. The zero-order valence-electron chi connectivity index (χ0n) is 15.0. The Morgan fingerprint density at radius 3 is 2.43 bits per heavy atom. The summed E-state index contributed by atoms with van der Waals surface area (Å²) in [4.78, 5) is 26.2. The van der Waals surface area contributed by atoms with Crippen LogP contribution in [0.25, 0.3) is 0 Å². The number of piperidine rings is 1. The number of carbonyl (C=O) groups excluding carboxylic acids is 2. The van der Waals surface area contributed by atoms with Crippen molar-refractivity contribution in [3.05, 3.63) is 0 Å². The molecule has 2 rings (SSSR count). The Morgan fingerprint density at radius 1 is 1.04 bits per heavy atom. The molecule has 2 aliphatic rings. The molecule has 1 saturated carbocycles. The number of nitrogens with zero attached hydrogens (tertiary/aromatic N) is 1. The molecule has 1 aliphatic carbocycles. The van der Waals surface area contributed by atoms with Crippen molar-refractivity contribution in [2.45, 2.75) is 71.6 Å². The number of rotatable bonds is 6. The van der Waals surface area contributed by atoms with Crippen LogP contribution in [0, 0.1) is 17.8 Å². The highest BCUT2D eigenvalue weighted by atomic mass is 16.2. The van der Waals surface area contributed by atoms with Gasteiger partial charge in [-0.25, -0.2) is 0 Å². The van der Waals surface area contributed by atoms with Crippen molar-refractivity contribution >= 4 is 11.8 Å². The molecule has 4 nitrogen and oxygen atoms in total.